The first-order valence-corrected chi connectivity index (χ1v) is 5.72. The molecule has 0 amide bonds. The van der Waals surface area contributed by atoms with Crippen molar-refractivity contribution in [2.45, 2.75) is 12.8 Å². The Balaban J connectivity index is 2.41. The minimum Gasteiger partial charge on any atom is -0.481 e. The molecule has 78 valence electrons. The van der Waals surface area contributed by atoms with E-state index in [1.54, 1.807) is 0 Å². The van der Waals surface area contributed by atoms with E-state index < -0.39 is 5.97 Å². The summed E-state index contributed by atoms with van der Waals surface area (Å²) in [5.74, 6) is -0.777. The van der Waals surface area contributed by atoms with Gasteiger partial charge in [-0.3, -0.25) is 4.79 Å². The second kappa shape index (κ2) is 4.12. The van der Waals surface area contributed by atoms with Crippen LogP contribution in [0.5, 0.6) is 0 Å². The summed E-state index contributed by atoms with van der Waals surface area (Å²) in [4.78, 5) is 13.6. The maximum Gasteiger partial charge on any atom is 0.303 e. The largest absolute Gasteiger partial charge is 0.481 e. The van der Waals surface area contributed by atoms with Crippen LogP contribution in [0.1, 0.15) is 12.0 Å². The fourth-order valence-electron chi connectivity index (χ4n) is 1.48. The summed E-state index contributed by atoms with van der Waals surface area (Å²) in [6.45, 7) is 0. The molecular formula is C10H9NO2S2. The van der Waals surface area contributed by atoms with Crippen molar-refractivity contribution in [3.05, 3.63) is 27.7 Å². The van der Waals surface area contributed by atoms with Gasteiger partial charge in [-0.05, 0) is 30.3 Å². The third-order valence-corrected chi connectivity index (χ3v) is 3.35. The number of hydrogen-bond donors (Lipinski definition) is 2. The summed E-state index contributed by atoms with van der Waals surface area (Å²) in [7, 11) is 0. The topological polar surface area (TPSA) is 53.1 Å². The lowest BCUT2D eigenvalue weighted by atomic mass is 10.1. The molecule has 1 aromatic heterocycles. The number of rotatable bonds is 3. The number of aromatic nitrogens is 1. The molecule has 0 unspecified atom stereocenters. The number of carboxylic acids is 1. The lowest BCUT2D eigenvalue weighted by molar-refractivity contribution is -0.136. The molecule has 1 heterocycles. The number of aryl methyl sites for hydroxylation is 1. The molecule has 5 heteroatoms. The van der Waals surface area contributed by atoms with E-state index >= 15 is 0 Å². The van der Waals surface area contributed by atoms with Crippen molar-refractivity contribution < 1.29 is 9.90 Å². The second-order valence-electron chi connectivity index (χ2n) is 3.20. The van der Waals surface area contributed by atoms with Gasteiger partial charge >= 0.3 is 5.97 Å². The Morgan fingerprint density at radius 2 is 2.33 bits per heavy atom. The summed E-state index contributed by atoms with van der Waals surface area (Å²) >= 11 is 6.57. The molecule has 1 aromatic carbocycles. The molecule has 2 aromatic rings. The molecule has 0 fully saturated rings. The van der Waals surface area contributed by atoms with E-state index in [0.717, 1.165) is 19.7 Å². The highest BCUT2D eigenvalue weighted by atomic mass is 32.1. The highest BCUT2D eigenvalue weighted by molar-refractivity contribution is 7.73. The van der Waals surface area contributed by atoms with Gasteiger partial charge in [0.15, 0.2) is 3.95 Å². The number of carboxylic acid groups (broad SMARTS) is 1. The standard InChI is InChI=1S/C10H9NO2S2/c12-8(13)5-4-6-2-1-3-7-9(6)11-10(14)15-7/h1-3H,4-5H2,(H,11,14)(H,12,13). The highest BCUT2D eigenvalue weighted by Gasteiger charge is 2.05. The number of benzene rings is 1. The van der Waals surface area contributed by atoms with Crippen molar-refractivity contribution in [1.29, 1.82) is 0 Å². The van der Waals surface area contributed by atoms with Gasteiger partial charge in [-0.15, -0.1) is 11.3 Å². The third-order valence-electron chi connectivity index (χ3n) is 2.15. The van der Waals surface area contributed by atoms with Crippen LogP contribution in [-0.2, 0) is 11.2 Å². The first-order chi connectivity index (χ1) is 7.16. The zero-order valence-electron chi connectivity index (χ0n) is 7.82. The fraction of sp³-hybridized carbons (Fsp3) is 0.200. The second-order valence-corrected chi connectivity index (χ2v) is 4.92. The molecule has 0 radical (unpaired) electrons. The average Bonchev–Trinajstić information content (AvgIpc) is 2.55. The summed E-state index contributed by atoms with van der Waals surface area (Å²) in [5.41, 5.74) is 2.00. The molecule has 0 aliphatic heterocycles. The van der Waals surface area contributed by atoms with Crippen LogP contribution >= 0.6 is 23.6 Å². The SMILES string of the molecule is O=C(O)CCc1cccc2sc(=S)[nH]c12. The number of fused-ring (bicyclic) bond motifs is 1. The van der Waals surface area contributed by atoms with Gasteiger partial charge < -0.3 is 10.1 Å². The third kappa shape index (κ3) is 2.24. The first-order valence-electron chi connectivity index (χ1n) is 4.49. The number of aliphatic carboxylic acids is 1. The number of thiazole rings is 1. The van der Waals surface area contributed by atoms with Crippen LogP contribution in [0.4, 0.5) is 0 Å². The van der Waals surface area contributed by atoms with Crippen molar-refractivity contribution in [2.24, 2.45) is 0 Å². The van der Waals surface area contributed by atoms with Gasteiger partial charge in [0.05, 0.1) is 10.2 Å². The van der Waals surface area contributed by atoms with Gasteiger partial charge in [-0.2, -0.15) is 0 Å². The normalized spacial score (nSPS) is 10.7. The van der Waals surface area contributed by atoms with E-state index in [9.17, 15) is 4.79 Å². The van der Waals surface area contributed by atoms with Crippen molar-refractivity contribution in [1.82, 2.24) is 4.98 Å². The molecule has 0 aliphatic rings. The molecule has 0 saturated heterocycles. The fourth-order valence-corrected chi connectivity index (χ4v) is 2.64. The molecule has 0 spiro atoms. The number of nitrogens with one attached hydrogen (secondary N) is 1. The molecule has 2 rings (SSSR count). The number of carbonyl (C=O) groups is 1. The molecule has 15 heavy (non-hydrogen) atoms. The van der Waals surface area contributed by atoms with E-state index in [1.807, 2.05) is 18.2 Å². The smallest absolute Gasteiger partial charge is 0.303 e. The van der Waals surface area contributed by atoms with Crippen LogP contribution in [0, 0.1) is 3.95 Å². The Hall–Kier alpha value is -1.20. The van der Waals surface area contributed by atoms with Crippen LogP contribution in [0.15, 0.2) is 18.2 Å². The van der Waals surface area contributed by atoms with Crippen LogP contribution < -0.4 is 0 Å². The van der Waals surface area contributed by atoms with Gasteiger partial charge in [0.1, 0.15) is 0 Å². The molecular weight excluding hydrogens is 230 g/mol. The Morgan fingerprint density at radius 3 is 3.07 bits per heavy atom. The lowest BCUT2D eigenvalue weighted by Gasteiger charge is -1.99. The summed E-state index contributed by atoms with van der Waals surface area (Å²) in [6.07, 6.45) is 0.685. The van der Waals surface area contributed by atoms with E-state index in [-0.39, 0.29) is 6.42 Å². The predicted molar refractivity (Wildman–Crippen MR) is 63.0 cm³/mol. The van der Waals surface area contributed by atoms with E-state index in [2.05, 4.69) is 4.98 Å². The van der Waals surface area contributed by atoms with Gasteiger partial charge in [0, 0.05) is 6.42 Å². The Labute approximate surface area is 95.4 Å². The molecule has 0 saturated carbocycles. The van der Waals surface area contributed by atoms with Gasteiger partial charge in [0.2, 0.25) is 0 Å². The first kappa shape index (κ1) is 10.3. The Bertz CT molecular complexity index is 556. The van der Waals surface area contributed by atoms with Crippen molar-refractivity contribution in [2.75, 3.05) is 0 Å². The molecule has 0 atom stereocenters. The van der Waals surface area contributed by atoms with E-state index in [0.29, 0.717) is 6.42 Å². The average molecular weight is 239 g/mol. The van der Waals surface area contributed by atoms with Gasteiger partial charge in [0.25, 0.3) is 0 Å². The summed E-state index contributed by atoms with van der Waals surface area (Å²) in [6, 6.07) is 5.85. The van der Waals surface area contributed by atoms with Gasteiger partial charge in [-0.1, -0.05) is 12.1 Å². The summed E-state index contributed by atoms with van der Waals surface area (Å²) in [5, 5.41) is 8.62. The van der Waals surface area contributed by atoms with Crippen LogP contribution in [0.3, 0.4) is 0 Å². The van der Waals surface area contributed by atoms with Gasteiger partial charge in [-0.25, -0.2) is 0 Å². The number of hydrogen-bond acceptors (Lipinski definition) is 3. The zero-order chi connectivity index (χ0) is 10.8. The Kier molecular flexibility index (Phi) is 2.83. The Morgan fingerprint density at radius 1 is 1.53 bits per heavy atom. The monoisotopic (exact) mass is 239 g/mol. The highest BCUT2D eigenvalue weighted by Crippen LogP contribution is 2.23. The van der Waals surface area contributed by atoms with Crippen LogP contribution in [0.25, 0.3) is 10.2 Å². The van der Waals surface area contributed by atoms with E-state index in [1.165, 1.54) is 11.3 Å². The van der Waals surface area contributed by atoms with E-state index in [4.69, 9.17) is 17.3 Å². The number of H-pyrrole nitrogens is 1. The number of para-hydroxylation sites is 1. The predicted octanol–water partition coefficient (Wildman–Crippen LogP) is 2.98. The van der Waals surface area contributed by atoms with Crippen molar-refractivity contribution in [3.8, 4) is 0 Å². The summed E-state index contributed by atoms with van der Waals surface area (Å²) < 4.78 is 1.82. The van der Waals surface area contributed by atoms with Crippen LogP contribution in [-0.4, -0.2) is 16.1 Å². The molecule has 3 nitrogen and oxygen atoms in total. The lowest BCUT2D eigenvalue weighted by Crippen LogP contribution is -1.97. The molecule has 0 aliphatic carbocycles. The molecule has 0 bridgehead atoms. The van der Waals surface area contributed by atoms with Crippen LogP contribution in [0.2, 0.25) is 0 Å². The molecule has 2 N–H and O–H groups in total. The minimum absolute atomic E-state index is 0.148. The van der Waals surface area contributed by atoms with Crippen molar-refractivity contribution >= 4 is 39.7 Å². The maximum atomic E-state index is 10.5. The quantitative estimate of drug-likeness (QED) is 0.810. The number of aromatic amines is 1. The minimum atomic E-state index is -0.777. The zero-order valence-corrected chi connectivity index (χ0v) is 9.45. The van der Waals surface area contributed by atoms with Crippen molar-refractivity contribution in [3.63, 3.8) is 0 Å². The maximum absolute atomic E-state index is 10.5.